The number of alkyl halides is 1. The predicted molar refractivity (Wildman–Crippen MR) is 83.0 cm³/mol. The molecule has 112 valence electrons. The number of hydrogen-bond acceptors (Lipinski definition) is 3. The molecular weight excluding hydrogens is 297 g/mol. The first-order chi connectivity index (χ1) is 9.43. The molecule has 1 unspecified atom stereocenters. The van der Waals surface area contributed by atoms with Gasteiger partial charge in [-0.05, 0) is 32.0 Å². The Labute approximate surface area is 130 Å². The number of methoxy groups -OCH3 is 1. The molecule has 0 aliphatic carbocycles. The first kappa shape index (κ1) is 15.9. The first-order valence-corrected chi connectivity index (χ1v) is 7.63. The highest BCUT2D eigenvalue weighted by molar-refractivity contribution is 6.30. The minimum Gasteiger partial charge on any atom is -0.496 e. The Morgan fingerprint density at radius 2 is 2.20 bits per heavy atom. The molecule has 0 spiro atoms. The molecule has 0 N–H and O–H groups in total. The second kappa shape index (κ2) is 6.52. The highest BCUT2D eigenvalue weighted by Gasteiger charge is 2.33. The third-order valence-corrected chi connectivity index (χ3v) is 3.94. The minimum atomic E-state index is -0.191. The number of rotatable bonds is 4. The zero-order valence-corrected chi connectivity index (χ0v) is 13.7. The maximum atomic E-state index is 6.08. The van der Waals surface area contributed by atoms with Gasteiger partial charge in [0.1, 0.15) is 5.75 Å². The van der Waals surface area contributed by atoms with Gasteiger partial charge in [0, 0.05) is 36.1 Å². The first-order valence-electron chi connectivity index (χ1n) is 6.72. The summed E-state index contributed by atoms with van der Waals surface area (Å²) in [4.78, 5) is 2.34. The summed E-state index contributed by atoms with van der Waals surface area (Å²) in [5.74, 6) is 1.37. The van der Waals surface area contributed by atoms with E-state index in [0.717, 1.165) is 36.0 Å². The fraction of sp³-hybridized carbons (Fsp3) is 0.600. The average molecular weight is 318 g/mol. The van der Waals surface area contributed by atoms with Crippen LogP contribution in [0, 0.1) is 0 Å². The Balaban J connectivity index is 2.14. The van der Waals surface area contributed by atoms with E-state index in [2.05, 4.69) is 18.7 Å². The van der Waals surface area contributed by atoms with Crippen LogP contribution in [0.5, 0.6) is 5.75 Å². The van der Waals surface area contributed by atoms with Crippen LogP contribution in [0.4, 0.5) is 0 Å². The molecule has 0 saturated carbocycles. The van der Waals surface area contributed by atoms with Gasteiger partial charge in [-0.3, -0.25) is 4.90 Å². The molecule has 2 rings (SSSR count). The number of hydrogen-bond donors (Lipinski definition) is 0. The summed E-state index contributed by atoms with van der Waals surface area (Å²) in [5, 5.41) is 0.724. The Morgan fingerprint density at radius 3 is 2.85 bits per heavy atom. The second-order valence-electron chi connectivity index (χ2n) is 5.78. The Hall–Kier alpha value is -0.480. The topological polar surface area (TPSA) is 21.7 Å². The molecular formula is C15H21Cl2NO2. The standard InChI is InChI=1S/C15H21Cl2NO2/c1-15(2)10-18(9-13(7-16)20-15)8-11-6-12(17)4-5-14(11)19-3/h4-6,13H,7-10H2,1-3H3. The molecule has 1 aromatic rings. The molecule has 1 atom stereocenters. The Bertz CT molecular complexity index is 465. The minimum absolute atomic E-state index is 0.0607. The summed E-state index contributed by atoms with van der Waals surface area (Å²) >= 11 is 12.0. The smallest absolute Gasteiger partial charge is 0.123 e. The third-order valence-electron chi connectivity index (χ3n) is 3.36. The van der Waals surface area contributed by atoms with Gasteiger partial charge in [0.05, 0.1) is 18.8 Å². The molecule has 1 heterocycles. The average Bonchev–Trinajstić information content (AvgIpc) is 2.37. The molecule has 1 saturated heterocycles. The van der Waals surface area contributed by atoms with Crippen LogP contribution in [-0.2, 0) is 11.3 Å². The van der Waals surface area contributed by atoms with Gasteiger partial charge < -0.3 is 9.47 Å². The van der Waals surface area contributed by atoms with Crippen LogP contribution < -0.4 is 4.74 Å². The number of nitrogens with zero attached hydrogens (tertiary/aromatic N) is 1. The van der Waals surface area contributed by atoms with Crippen molar-refractivity contribution in [3.05, 3.63) is 28.8 Å². The second-order valence-corrected chi connectivity index (χ2v) is 6.52. The van der Waals surface area contributed by atoms with Crippen molar-refractivity contribution in [3.8, 4) is 5.75 Å². The van der Waals surface area contributed by atoms with Gasteiger partial charge in [-0.15, -0.1) is 11.6 Å². The van der Waals surface area contributed by atoms with E-state index >= 15 is 0 Å². The molecule has 0 aromatic heterocycles. The van der Waals surface area contributed by atoms with Crippen LogP contribution >= 0.6 is 23.2 Å². The monoisotopic (exact) mass is 317 g/mol. The van der Waals surface area contributed by atoms with E-state index in [0.29, 0.717) is 5.88 Å². The third kappa shape index (κ3) is 4.01. The van der Waals surface area contributed by atoms with Crippen molar-refractivity contribution in [2.24, 2.45) is 0 Å². The summed E-state index contributed by atoms with van der Waals surface area (Å²) < 4.78 is 11.3. The van der Waals surface area contributed by atoms with Gasteiger partial charge in [-0.1, -0.05) is 11.6 Å². The van der Waals surface area contributed by atoms with Crippen molar-refractivity contribution in [2.45, 2.75) is 32.1 Å². The van der Waals surface area contributed by atoms with Gasteiger partial charge in [0.25, 0.3) is 0 Å². The van der Waals surface area contributed by atoms with Gasteiger partial charge in [0.2, 0.25) is 0 Å². The number of morpholine rings is 1. The quantitative estimate of drug-likeness (QED) is 0.792. The van der Waals surface area contributed by atoms with E-state index in [1.165, 1.54) is 0 Å². The van der Waals surface area contributed by atoms with E-state index in [1.807, 2.05) is 18.2 Å². The van der Waals surface area contributed by atoms with Crippen molar-refractivity contribution in [1.29, 1.82) is 0 Å². The summed E-state index contributed by atoms with van der Waals surface area (Å²) in [6, 6.07) is 5.70. The highest BCUT2D eigenvalue weighted by Crippen LogP contribution is 2.27. The van der Waals surface area contributed by atoms with Crippen LogP contribution in [0.25, 0.3) is 0 Å². The molecule has 0 bridgehead atoms. The number of benzene rings is 1. The largest absolute Gasteiger partial charge is 0.496 e. The van der Waals surface area contributed by atoms with Crippen LogP contribution in [0.15, 0.2) is 18.2 Å². The zero-order valence-electron chi connectivity index (χ0n) is 12.2. The SMILES string of the molecule is COc1ccc(Cl)cc1CN1CC(CCl)OC(C)(C)C1. The van der Waals surface area contributed by atoms with E-state index in [-0.39, 0.29) is 11.7 Å². The Morgan fingerprint density at radius 1 is 1.45 bits per heavy atom. The molecule has 3 nitrogen and oxygen atoms in total. The number of ether oxygens (including phenoxy) is 2. The number of halogens is 2. The van der Waals surface area contributed by atoms with Gasteiger partial charge in [-0.25, -0.2) is 0 Å². The van der Waals surface area contributed by atoms with Crippen molar-refractivity contribution in [3.63, 3.8) is 0 Å². The lowest BCUT2D eigenvalue weighted by Crippen LogP contribution is -2.52. The normalized spacial score (nSPS) is 22.8. The van der Waals surface area contributed by atoms with Crippen LogP contribution in [0.3, 0.4) is 0 Å². The summed E-state index contributed by atoms with van der Waals surface area (Å²) in [7, 11) is 1.68. The van der Waals surface area contributed by atoms with E-state index in [9.17, 15) is 0 Å². The fourth-order valence-corrected chi connectivity index (χ4v) is 3.08. The lowest BCUT2D eigenvalue weighted by molar-refractivity contribution is -0.129. The molecule has 1 aromatic carbocycles. The summed E-state index contributed by atoms with van der Waals surface area (Å²) in [6.45, 7) is 6.64. The van der Waals surface area contributed by atoms with Crippen molar-refractivity contribution in [1.82, 2.24) is 4.90 Å². The molecule has 0 radical (unpaired) electrons. The summed E-state index contributed by atoms with van der Waals surface area (Å²) in [6.07, 6.45) is 0.0607. The van der Waals surface area contributed by atoms with Gasteiger partial charge >= 0.3 is 0 Å². The van der Waals surface area contributed by atoms with E-state index < -0.39 is 0 Å². The van der Waals surface area contributed by atoms with Crippen LogP contribution in [-0.4, -0.2) is 42.7 Å². The van der Waals surface area contributed by atoms with Crippen molar-refractivity contribution in [2.75, 3.05) is 26.1 Å². The van der Waals surface area contributed by atoms with E-state index in [4.69, 9.17) is 32.7 Å². The van der Waals surface area contributed by atoms with Crippen molar-refractivity contribution < 1.29 is 9.47 Å². The molecule has 1 fully saturated rings. The maximum absolute atomic E-state index is 6.08. The predicted octanol–water partition coefficient (Wildman–Crippen LogP) is 3.57. The van der Waals surface area contributed by atoms with Gasteiger partial charge in [-0.2, -0.15) is 0 Å². The molecule has 5 heteroatoms. The maximum Gasteiger partial charge on any atom is 0.123 e. The highest BCUT2D eigenvalue weighted by atomic mass is 35.5. The van der Waals surface area contributed by atoms with Crippen molar-refractivity contribution >= 4 is 23.2 Å². The molecule has 1 aliphatic rings. The zero-order chi connectivity index (χ0) is 14.8. The van der Waals surface area contributed by atoms with Crippen LogP contribution in [0.2, 0.25) is 5.02 Å². The summed E-state index contributed by atoms with van der Waals surface area (Å²) in [5.41, 5.74) is 0.898. The molecule has 1 aliphatic heterocycles. The van der Waals surface area contributed by atoms with Crippen LogP contribution in [0.1, 0.15) is 19.4 Å². The fourth-order valence-electron chi connectivity index (χ4n) is 2.73. The van der Waals surface area contributed by atoms with Gasteiger partial charge in [0.15, 0.2) is 0 Å². The Kier molecular flexibility index (Phi) is 5.19. The van der Waals surface area contributed by atoms with E-state index in [1.54, 1.807) is 7.11 Å². The molecule has 20 heavy (non-hydrogen) atoms. The lowest BCUT2D eigenvalue weighted by atomic mass is 10.0. The lowest BCUT2D eigenvalue weighted by Gasteiger charge is -2.42. The molecule has 0 amide bonds.